The molecular formula is C24H23BrN2O4. The van der Waals surface area contributed by atoms with Crippen LogP contribution in [-0.4, -0.2) is 26.6 Å². The van der Waals surface area contributed by atoms with E-state index >= 15 is 0 Å². The fourth-order valence-electron chi connectivity index (χ4n) is 3.58. The number of benzene rings is 2. The monoisotopic (exact) mass is 482 g/mol. The number of aliphatic carboxylic acids is 1. The van der Waals surface area contributed by atoms with E-state index in [9.17, 15) is 14.8 Å². The Bertz CT molecular complexity index is 1150. The number of rotatable bonds is 8. The minimum absolute atomic E-state index is 0.0502. The van der Waals surface area contributed by atoms with E-state index in [-0.39, 0.29) is 24.4 Å². The first-order valence-corrected chi connectivity index (χ1v) is 10.6. The molecule has 31 heavy (non-hydrogen) atoms. The van der Waals surface area contributed by atoms with E-state index in [1.807, 2.05) is 49.4 Å². The minimum atomic E-state index is -0.983. The highest BCUT2D eigenvalue weighted by Crippen LogP contribution is 2.32. The normalized spacial score (nSPS) is 12.5. The SMILES string of the molecule is Cc1ccccc1C(CC(=NO)c1ccc(=O)n(CCC(=O)O)c1)c1ccc(Br)cc1. The van der Waals surface area contributed by atoms with Gasteiger partial charge in [0.15, 0.2) is 0 Å². The van der Waals surface area contributed by atoms with Gasteiger partial charge in [0.05, 0.1) is 12.1 Å². The molecule has 0 amide bonds. The molecule has 0 saturated heterocycles. The second-order valence-electron chi connectivity index (χ2n) is 7.30. The molecule has 0 aliphatic heterocycles. The van der Waals surface area contributed by atoms with Gasteiger partial charge in [-0.05, 0) is 41.8 Å². The third-order valence-corrected chi connectivity index (χ3v) is 5.77. The molecule has 0 fully saturated rings. The van der Waals surface area contributed by atoms with Gasteiger partial charge in [-0.25, -0.2) is 0 Å². The number of carboxylic acids is 1. The minimum Gasteiger partial charge on any atom is -0.481 e. The van der Waals surface area contributed by atoms with Crippen LogP contribution in [0.5, 0.6) is 0 Å². The second-order valence-corrected chi connectivity index (χ2v) is 8.22. The molecule has 7 heteroatoms. The summed E-state index contributed by atoms with van der Waals surface area (Å²) in [5.74, 6) is -1.05. The summed E-state index contributed by atoms with van der Waals surface area (Å²) >= 11 is 3.47. The molecule has 1 unspecified atom stereocenters. The summed E-state index contributed by atoms with van der Waals surface area (Å²) in [6.45, 7) is 2.09. The average molecular weight is 483 g/mol. The molecule has 3 rings (SSSR count). The lowest BCUT2D eigenvalue weighted by Crippen LogP contribution is -2.22. The van der Waals surface area contributed by atoms with Crippen LogP contribution in [0.1, 0.15) is 41.0 Å². The molecule has 160 valence electrons. The van der Waals surface area contributed by atoms with E-state index < -0.39 is 5.97 Å². The Morgan fingerprint density at radius 1 is 1.10 bits per heavy atom. The van der Waals surface area contributed by atoms with Crippen molar-refractivity contribution in [3.05, 3.63) is 104 Å². The van der Waals surface area contributed by atoms with Crippen molar-refractivity contribution in [2.75, 3.05) is 0 Å². The summed E-state index contributed by atoms with van der Waals surface area (Å²) in [4.78, 5) is 23.0. The Labute approximate surface area is 188 Å². The zero-order valence-corrected chi connectivity index (χ0v) is 18.6. The fourth-order valence-corrected chi connectivity index (χ4v) is 3.85. The zero-order chi connectivity index (χ0) is 22.4. The van der Waals surface area contributed by atoms with E-state index in [0.717, 1.165) is 21.2 Å². The van der Waals surface area contributed by atoms with Gasteiger partial charge in [0.1, 0.15) is 0 Å². The lowest BCUT2D eigenvalue weighted by Gasteiger charge is -2.21. The van der Waals surface area contributed by atoms with Gasteiger partial charge < -0.3 is 14.9 Å². The largest absolute Gasteiger partial charge is 0.481 e. The number of halogens is 1. The van der Waals surface area contributed by atoms with E-state index in [2.05, 4.69) is 27.2 Å². The first kappa shape index (κ1) is 22.5. The Morgan fingerprint density at radius 2 is 1.81 bits per heavy atom. The van der Waals surface area contributed by atoms with Crippen LogP contribution in [0.3, 0.4) is 0 Å². The number of hydrogen-bond donors (Lipinski definition) is 2. The second kappa shape index (κ2) is 10.2. The predicted molar refractivity (Wildman–Crippen MR) is 123 cm³/mol. The third-order valence-electron chi connectivity index (χ3n) is 5.24. The molecule has 1 atom stereocenters. The molecule has 0 bridgehead atoms. The molecule has 0 radical (unpaired) electrons. The summed E-state index contributed by atoms with van der Waals surface area (Å²) in [5.41, 5.74) is 4.00. The molecule has 1 heterocycles. The molecule has 0 aliphatic carbocycles. The van der Waals surface area contributed by atoms with Crippen molar-refractivity contribution in [3.63, 3.8) is 0 Å². The number of carboxylic acid groups (broad SMARTS) is 1. The highest BCUT2D eigenvalue weighted by molar-refractivity contribution is 9.10. The van der Waals surface area contributed by atoms with Crippen molar-refractivity contribution >= 4 is 27.6 Å². The van der Waals surface area contributed by atoms with E-state index in [4.69, 9.17) is 5.11 Å². The van der Waals surface area contributed by atoms with Crippen LogP contribution in [-0.2, 0) is 11.3 Å². The van der Waals surface area contributed by atoms with E-state index in [1.54, 1.807) is 12.3 Å². The number of nitrogens with zero attached hydrogens (tertiary/aromatic N) is 2. The predicted octanol–water partition coefficient (Wildman–Crippen LogP) is 4.79. The number of aromatic nitrogens is 1. The van der Waals surface area contributed by atoms with Gasteiger partial charge >= 0.3 is 5.97 Å². The maximum Gasteiger partial charge on any atom is 0.305 e. The standard InChI is InChI=1S/C24H23BrN2O4/c1-16-4-2-3-5-20(16)21(17-6-9-19(25)10-7-17)14-22(26-31)18-8-11-23(28)27(15-18)13-12-24(29)30/h2-11,15,21,31H,12-14H2,1H3,(H,29,30). The smallest absolute Gasteiger partial charge is 0.305 e. The zero-order valence-electron chi connectivity index (χ0n) is 17.0. The van der Waals surface area contributed by atoms with Crippen molar-refractivity contribution in [1.82, 2.24) is 4.57 Å². The Balaban J connectivity index is 1.99. The Hall–Kier alpha value is -3.19. The van der Waals surface area contributed by atoms with Gasteiger partial charge in [0.25, 0.3) is 5.56 Å². The Kier molecular flexibility index (Phi) is 7.41. The van der Waals surface area contributed by atoms with Crippen LogP contribution in [0, 0.1) is 6.92 Å². The number of hydrogen-bond acceptors (Lipinski definition) is 4. The van der Waals surface area contributed by atoms with Crippen LogP contribution in [0.2, 0.25) is 0 Å². The number of aryl methyl sites for hydroxylation is 2. The highest BCUT2D eigenvalue weighted by atomic mass is 79.9. The number of carbonyl (C=O) groups is 1. The molecule has 2 aromatic carbocycles. The fraction of sp³-hybridized carbons (Fsp3) is 0.208. The van der Waals surface area contributed by atoms with Crippen LogP contribution < -0.4 is 5.56 Å². The van der Waals surface area contributed by atoms with Crippen molar-refractivity contribution in [2.45, 2.75) is 32.2 Å². The van der Waals surface area contributed by atoms with Crippen LogP contribution in [0.15, 0.2) is 81.3 Å². The molecule has 0 spiro atoms. The van der Waals surface area contributed by atoms with Crippen molar-refractivity contribution in [1.29, 1.82) is 0 Å². The third kappa shape index (κ3) is 5.70. The van der Waals surface area contributed by atoms with Crippen molar-refractivity contribution in [3.8, 4) is 0 Å². The van der Waals surface area contributed by atoms with Crippen LogP contribution in [0.25, 0.3) is 0 Å². The van der Waals surface area contributed by atoms with Gasteiger partial charge in [-0.2, -0.15) is 0 Å². The van der Waals surface area contributed by atoms with Gasteiger partial charge in [-0.15, -0.1) is 0 Å². The quantitative estimate of drug-likeness (QED) is 0.274. The topological polar surface area (TPSA) is 91.9 Å². The van der Waals surface area contributed by atoms with Crippen LogP contribution in [0.4, 0.5) is 0 Å². The summed E-state index contributed by atoms with van der Waals surface area (Å²) in [7, 11) is 0. The highest BCUT2D eigenvalue weighted by Gasteiger charge is 2.20. The van der Waals surface area contributed by atoms with Gasteiger partial charge in [-0.3, -0.25) is 9.59 Å². The molecular weight excluding hydrogens is 460 g/mol. The van der Waals surface area contributed by atoms with E-state index in [1.165, 1.54) is 10.6 Å². The van der Waals surface area contributed by atoms with E-state index in [0.29, 0.717) is 17.7 Å². The first-order valence-electron chi connectivity index (χ1n) is 9.83. The summed E-state index contributed by atoms with van der Waals surface area (Å²) < 4.78 is 2.30. The molecule has 0 aliphatic rings. The summed E-state index contributed by atoms with van der Waals surface area (Å²) in [5, 5.41) is 22.3. The molecule has 6 nitrogen and oxygen atoms in total. The molecule has 3 aromatic rings. The first-order chi connectivity index (χ1) is 14.9. The maximum atomic E-state index is 12.1. The van der Waals surface area contributed by atoms with Gasteiger partial charge in [0.2, 0.25) is 0 Å². The lowest BCUT2D eigenvalue weighted by atomic mass is 9.83. The number of oxime groups is 1. The average Bonchev–Trinajstić information content (AvgIpc) is 2.76. The summed E-state index contributed by atoms with van der Waals surface area (Å²) in [6, 6.07) is 19.1. The maximum absolute atomic E-state index is 12.1. The summed E-state index contributed by atoms with van der Waals surface area (Å²) in [6.07, 6.45) is 1.79. The molecule has 1 aromatic heterocycles. The Morgan fingerprint density at radius 3 is 2.45 bits per heavy atom. The van der Waals surface area contributed by atoms with Gasteiger partial charge in [0, 0.05) is 41.2 Å². The molecule has 0 saturated carbocycles. The lowest BCUT2D eigenvalue weighted by molar-refractivity contribution is -0.137. The van der Waals surface area contributed by atoms with Crippen LogP contribution >= 0.6 is 15.9 Å². The molecule has 2 N–H and O–H groups in total. The van der Waals surface area contributed by atoms with Crippen molar-refractivity contribution < 1.29 is 15.1 Å². The van der Waals surface area contributed by atoms with Crippen molar-refractivity contribution in [2.24, 2.45) is 5.16 Å². The van der Waals surface area contributed by atoms with Gasteiger partial charge in [-0.1, -0.05) is 57.5 Å². The number of pyridine rings is 1.